The molecule has 46 heavy (non-hydrogen) atoms. The minimum Gasteiger partial charge on any atom is -0.321 e. The van der Waals surface area contributed by atoms with Crippen LogP contribution in [0.5, 0.6) is 0 Å². The molecule has 13 heteroatoms. The Morgan fingerprint density at radius 1 is 0.913 bits per heavy atom. The van der Waals surface area contributed by atoms with Crippen molar-refractivity contribution in [2.75, 3.05) is 17.3 Å². The first-order chi connectivity index (χ1) is 22.2. The van der Waals surface area contributed by atoms with Crippen molar-refractivity contribution >= 4 is 43.6 Å². The highest BCUT2D eigenvalue weighted by Crippen LogP contribution is 2.33. The van der Waals surface area contributed by atoms with E-state index in [1.165, 1.54) is 12.1 Å². The van der Waals surface area contributed by atoms with Crippen molar-refractivity contribution in [1.29, 1.82) is 0 Å². The summed E-state index contributed by atoms with van der Waals surface area (Å²) >= 11 is 0. The summed E-state index contributed by atoms with van der Waals surface area (Å²) in [6.07, 6.45) is 7.89. The summed E-state index contributed by atoms with van der Waals surface area (Å²) in [6, 6.07) is 18.9. The third-order valence-corrected chi connectivity index (χ3v) is 8.37. The molecule has 0 bridgehead atoms. The summed E-state index contributed by atoms with van der Waals surface area (Å²) in [7, 11) is -3.21. The Bertz CT molecular complexity index is 2370. The maximum atomic E-state index is 14.6. The summed E-state index contributed by atoms with van der Waals surface area (Å²) in [5.41, 5.74) is 6.31. The average molecular weight is 633 g/mol. The van der Waals surface area contributed by atoms with Gasteiger partial charge in [-0.2, -0.15) is 5.10 Å². The molecule has 0 fully saturated rings. The number of H-pyrrole nitrogens is 2. The number of imidazole rings is 1. The molecule has 0 aliphatic heterocycles. The molecule has 0 aliphatic carbocycles. The zero-order valence-corrected chi connectivity index (χ0v) is 25.1. The summed E-state index contributed by atoms with van der Waals surface area (Å²) in [5.74, 6) is -0.377. The number of amides is 1. The maximum Gasteiger partial charge on any atom is 0.255 e. The van der Waals surface area contributed by atoms with E-state index in [0.717, 1.165) is 17.4 Å². The molecule has 5 heterocycles. The zero-order valence-electron chi connectivity index (χ0n) is 24.3. The molecule has 0 spiro atoms. The number of hydrogen-bond donors (Lipinski definition) is 3. The van der Waals surface area contributed by atoms with Crippen LogP contribution in [0.4, 0.5) is 10.1 Å². The normalized spacial score (nSPS) is 11.7. The first-order valence-corrected chi connectivity index (χ1v) is 16.2. The van der Waals surface area contributed by atoms with E-state index in [9.17, 15) is 17.6 Å². The van der Waals surface area contributed by atoms with E-state index >= 15 is 0 Å². The summed E-state index contributed by atoms with van der Waals surface area (Å²) in [4.78, 5) is 34.0. The highest BCUT2D eigenvalue weighted by atomic mass is 32.2. The third kappa shape index (κ3) is 5.95. The lowest BCUT2D eigenvalue weighted by Gasteiger charge is -2.07. The number of nitrogens with zero attached hydrogens (tertiary/aromatic N) is 5. The van der Waals surface area contributed by atoms with E-state index in [1.807, 2.05) is 18.2 Å². The Morgan fingerprint density at radius 3 is 2.57 bits per heavy atom. The van der Waals surface area contributed by atoms with Crippen LogP contribution in [0.25, 0.3) is 56.0 Å². The van der Waals surface area contributed by atoms with Crippen molar-refractivity contribution in [3.8, 4) is 33.8 Å². The monoisotopic (exact) mass is 632 g/mol. The fourth-order valence-corrected chi connectivity index (χ4v) is 5.82. The highest BCUT2D eigenvalue weighted by Gasteiger charge is 2.18. The number of aromatic nitrogens is 7. The lowest BCUT2D eigenvalue weighted by atomic mass is 10.0. The number of anilines is 1. The van der Waals surface area contributed by atoms with Gasteiger partial charge >= 0.3 is 0 Å². The van der Waals surface area contributed by atoms with Gasteiger partial charge in [-0.15, -0.1) is 0 Å². The standard InChI is InChI=1S/C33H25FN8O3S/c1-46(44,45)10-8-19-11-21(13-24(34)12-19)26-7-9-36-31-28(26)39-32(40-31)29-27-15-23(17-37-30(27)42-41-29)22-14-25(18-35-16-22)38-33(43)20-5-3-2-4-6-20/h2-7,9,11-18H,8,10H2,1H3,(H,38,43)(H,36,39,40)(H,37,41,42). The number of aromatic amines is 2. The van der Waals surface area contributed by atoms with Gasteiger partial charge in [0.2, 0.25) is 0 Å². The van der Waals surface area contributed by atoms with Crippen LogP contribution in [-0.2, 0) is 16.3 Å². The topological polar surface area (TPSA) is 159 Å². The lowest BCUT2D eigenvalue weighted by Crippen LogP contribution is -2.11. The molecule has 7 rings (SSSR count). The number of carbonyl (C=O) groups excluding carboxylic acids is 1. The molecule has 0 aliphatic rings. The second-order valence-corrected chi connectivity index (χ2v) is 13.1. The predicted molar refractivity (Wildman–Crippen MR) is 173 cm³/mol. The van der Waals surface area contributed by atoms with Crippen LogP contribution in [0.1, 0.15) is 15.9 Å². The van der Waals surface area contributed by atoms with E-state index in [4.69, 9.17) is 4.98 Å². The molecule has 3 N–H and O–H groups in total. The molecule has 11 nitrogen and oxygen atoms in total. The van der Waals surface area contributed by atoms with Gasteiger partial charge < -0.3 is 10.3 Å². The smallest absolute Gasteiger partial charge is 0.255 e. The lowest BCUT2D eigenvalue weighted by molar-refractivity contribution is 0.102. The first kappa shape index (κ1) is 28.9. The van der Waals surface area contributed by atoms with Crippen LogP contribution in [0, 0.1) is 5.82 Å². The Balaban J connectivity index is 1.22. The molecule has 228 valence electrons. The Hall–Kier alpha value is -5.82. The predicted octanol–water partition coefficient (Wildman–Crippen LogP) is 5.60. The molecule has 2 aromatic carbocycles. The number of nitrogens with one attached hydrogen (secondary N) is 3. The van der Waals surface area contributed by atoms with Crippen molar-refractivity contribution in [3.05, 3.63) is 108 Å². The van der Waals surface area contributed by atoms with Crippen LogP contribution in [0.2, 0.25) is 0 Å². The maximum absolute atomic E-state index is 14.6. The third-order valence-electron chi connectivity index (χ3n) is 7.42. The number of benzene rings is 2. The van der Waals surface area contributed by atoms with Crippen molar-refractivity contribution in [1.82, 2.24) is 35.1 Å². The first-order valence-electron chi connectivity index (χ1n) is 14.2. The molecule has 5 aromatic heterocycles. The molecule has 0 saturated carbocycles. The van der Waals surface area contributed by atoms with E-state index in [0.29, 0.717) is 61.7 Å². The van der Waals surface area contributed by atoms with Crippen molar-refractivity contribution in [2.24, 2.45) is 0 Å². The van der Waals surface area contributed by atoms with Gasteiger partial charge in [0.05, 0.1) is 23.0 Å². The zero-order chi connectivity index (χ0) is 31.8. The minimum absolute atomic E-state index is 0.0842. The van der Waals surface area contributed by atoms with Gasteiger partial charge in [0.15, 0.2) is 17.1 Å². The number of aryl methyl sites for hydroxylation is 1. The average Bonchev–Trinajstić information content (AvgIpc) is 3.68. The van der Waals surface area contributed by atoms with Gasteiger partial charge in [-0.1, -0.05) is 24.3 Å². The van der Waals surface area contributed by atoms with E-state index in [1.54, 1.807) is 61.2 Å². The number of carbonyl (C=O) groups is 1. The molecule has 0 atom stereocenters. The summed E-state index contributed by atoms with van der Waals surface area (Å²) in [6.45, 7) is 0. The highest BCUT2D eigenvalue weighted by molar-refractivity contribution is 7.90. The molecule has 1 amide bonds. The van der Waals surface area contributed by atoms with Crippen molar-refractivity contribution in [2.45, 2.75) is 6.42 Å². The number of pyridine rings is 3. The quantitative estimate of drug-likeness (QED) is 0.195. The number of fused-ring (bicyclic) bond motifs is 2. The molecule has 0 radical (unpaired) electrons. The Kier molecular flexibility index (Phi) is 7.29. The molecule has 7 aromatic rings. The van der Waals surface area contributed by atoms with Gasteiger partial charge in [0.25, 0.3) is 5.91 Å². The second kappa shape index (κ2) is 11.6. The Morgan fingerprint density at radius 2 is 1.74 bits per heavy atom. The number of hydrogen-bond acceptors (Lipinski definition) is 8. The van der Waals surface area contributed by atoms with Crippen LogP contribution in [0.15, 0.2) is 91.5 Å². The van der Waals surface area contributed by atoms with Crippen LogP contribution in [0.3, 0.4) is 0 Å². The van der Waals surface area contributed by atoms with Gasteiger partial charge in [-0.25, -0.2) is 27.8 Å². The van der Waals surface area contributed by atoms with Gasteiger partial charge in [0.1, 0.15) is 26.9 Å². The van der Waals surface area contributed by atoms with Gasteiger partial charge in [-0.05, 0) is 60.0 Å². The fourth-order valence-electron chi connectivity index (χ4n) is 5.21. The summed E-state index contributed by atoms with van der Waals surface area (Å²) < 4.78 is 38.0. The molecule has 0 unspecified atom stereocenters. The van der Waals surface area contributed by atoms with Crippen LogP contribution < -0.4 is 5.32 Å². The van der Waals surface area contributed by atoms with E-state index in [2.05, 4.69) is 35.5 Å². The minimum atomic E-state index is -3.21. The Labute approximate surface area is 261 Å². The van der Waals surface area contributed by atoms with Crippen LogP contribution in [-0.4, -0.2) is 61.5 Å². The second-order valence-electron chi connectivity index (χ2n) is 10.8. The molecular formula is C33H25FN8O3S. The molecule has 0 saturated heterocycles. The number of sulfone groups is 1. The van der Waals surface area contributed by atoms with Gasteiger partial charge in [-0.3, -0.25) is 14.9 Å². The van der Waals surface area contributed by atoms with Crippen molar-refractivity contribution < 1.29 is 17.6 Å². The fraction of sp³-hybridized carbons (Fsp3) is 0.0909. The van der Waals surface area contributed by atoms with Gasteiger partial charge in [0, 0.05) is 47.1 Å². The number of halogens is 1. The largest absolute Gasteiger partial charge is 0.321 e. The van der Waals surface area contributed by atoms with E-state index in [-0.39, 0.29) is 18.1 Å². The SMILES string of the molecule is CS(=O)(=O)CCc1cc(F)cc(-c2ccnc3[nH]c(-c4n[nH]c5ncc(-c6cncc(NC(=O)c7ccccc7)c6)cc45)nc23)c1. The number of rotatable bonds is 8. The van der Waals surface area contributed by atoms with Crippen LogP contribution >= 0.6 is 0 Å². The van der Waals surface area contributed by atoms with E-state index < -0.39 is 15.7 Å². The molecular weight excluding hydrogens is 607 g/mol. The summed E-state index contributed by atoms with van der Waals surface area (Å²) in [5, 5.41) is 11.0. The van der Waals surface area contributed by atoms with Crippen molar-refractivity contribution in [3.63, 3.8) is 0 Å².